The molecule has 0 radical (unpaired) electrons. The van der Waals surface area contributed by atoms with Crippen LogP contribution in [0.25, 0.3) is 0 Å². The summed E-state index contributed by atoms with van der Waals surface area (Å²) in [4.78, 5) is 15.7. The Hall–Kier alpha value is -2.16. The highest BCUT2D eigenvalue weighted by Crippen LogP contribution is 2.39. The van der Waals surface area contributed by atoms with E-state index >= 15 is 0 Å². The molecule has 1 unspecified atom stereocenters. The number of nitrogens with zero attached hydrogens (tertiary/aromatic N) is 1. The van der Waals surface area contributed by atoms with Crippen molar-refractivity contribution in [3.8, 4) is 0 Å². The minimum atomic E-state index is -3.60. The lowest BCUT2D eigenvalue weighted by molar-refractivity contribution is -0.116. The third kappa shape index (κ3) is 2.66. The minimum absolute atomic E-state index is 0.140. The van der Waals surface area contributed by atoms with Crippen molar-refractivity contribution in [3.63, 3.8) is 0 Å². The number of carbonyl (C=O) groups excluding carboxylic acids is 1. The van der Waals surface area contributed by atoms with Crippen LogP contribution in [-0.4, -0.2) is 49.9 Å². The van der Waals surface area contributed by atoms with Gasteiger partial charge in [0.15, 0.2) is 0 Å². The van der Waals surface area contributed by atoms with Crippen LogP contribution in [0.3, 0.4) is 0 Å². The number of sulfonamides is 1. The van der Waals surface area contributed by atoms with Crippen LogP contribution >= 0.6 is 0 Å². The van der Waals surface area contributed by atoms with E-state index in [9.17, 15) is 13.2 Å². The SMILES string of the molecule is Cc1[nH]ccc1C1C(=O)Nc2ccc(S(=O)(=O)N3CCOCC3)cc21. The number of fused-ring (bicyclic) bond motifs is 1. The molecule has 1 fully saturated rings. The first-order valence-corrected chi connectivity index (χ1v) is 9.59. The molecule has 7 nitrogen and oxygen atoms in total. The molecule has 0 aliphatic carbocycles. The van der Waals surface area contributed by atoms with Crippen molar-refractivity contribution in [2.24, 2.45) is 0 Å². The Kier molecular flexibility index (Phi) is 3.90. The van der Waals surface area contributed by atoms with E-state index in [2.05, 4.69) is 10.3 Å². The van der Waals surface area contributed by atoms with Crippen LogP contribution in [0.4, 0.5) is 5.69 Å². The van der Waals surface area contributed by atoms with Crippen molar-refractivity contribution in [3.05, 3.63) is 47.3 Å². The number of anilines is 1. The summed E-state index contributed by atoms with van der Waals surface area (Å²) < 4.78 is 32.4. The van der Waals surface area contributed by atoms with Gasteiger partial charge in [0.2, 0.25) is 15.9 Å². The van der Waals surface area contributed by atoms with E-state index in [1.807, 2.05) is 13.0 Å². The van der Waals surface area contributed by atoms with E-state index in [0.717, 1.165) is 11.3 Å². The van der Waals surface area contributed by atoms with E-state index in [0.29, 0.717) is 37.6 Å². The van der Waals surface area contributed by atoms with Crippen LogP contribution in [0.15, 0.2) is 35.4 Å². The number of carbonyl (C=O) groups is 1. The Labute approximate surface area is 146 Å². The van der Waals surface area contributed by atoms with Gasteiger partial charge in [0.25, 0.3) is 0 Å². The topological polar surface area (TPSA) is 91.5 Å². The molecule has 3 heterocycles. The lowest BCUT2D eigenvalue weighted by Crippen LogP contribution is -2.40. The predicted molar refractivity (Wildman–Crippen MR) is 92.0 cm³/mol. The Morgan fingerprint density at radius 1 is 1.16 bits per heavy atom. The molecule has 1 saturated heterocycles. The van der Waals surface area contributed by atoms with Crippen LogP contribution in [0.5, 0.6) is 0 Å². The maximum atomic E-state index is 12.9. The van der Waals surface area contributed by atoms with E-state index < -0.39 is 15.9 Å². The first-order valence-electron chi connectivity index (χ1n) is 8.15. The van der Waals surface area contributed by atoms with Gasteiger partial charge in [-0.25, -0.2) is 8.42 Å². The summed E-state index contributed by atoms with van der Waals surface area (Å²) in [6.45, 7) is 3.38. The molecule has 1 aromatic carbocycles. The van der Waals surface area contributed by atoms with Gasteiger partial charge in [-0.3, -0.25) is 4.79 Å². The highest BCUT2D eigenvalue weighted by atomic mass is 32.2. The van der Waals surface area contributed by atoms with E-state index in [1.54, 1.807) is 24.4 Å². The molecule has 2 aromatic rings. The Bertz CT molecular complexity index is 929. The van der Waals surface area contributed by atoms with E-state index in [-0.39, 0.29) is 10.8 Å². The Morgan fingerprint density at radius 2 is 1.92 bits per heavy atom. The third-order valence-electron chi connectivity index (χ3n) is 4.77. The van der Waals surface area contributed by atoms with Crippen LogP contribution in [0, 0.1) is 6.92 Å². The number of morpholine rings is 1. The highest BCUT2D eigenvalue weighted by molar-refractivity contribution is 7.89. The zero-order valence-electron chi connectivity index (χ0n) is 13.8. The van der Waals surface area contributed by atoms with E-state index in [4.69, 9.17) is 4.74 Å². The normalized spacial score (nSPS) is 21.2. The number of aromatic amines is 1. The molecule has 0 spiro atoms. The van der Waals surface area contributed by atoms with Crippen molar-refractivity contribution in [2.75, 3.05) is 31.6 Å². The van der Waals surface area contributed by atoms with Crippen molar-refractivity contribution in [2.45, 2.75) is 17.7 Å². The van der Waals surface area contributed by atoms with E-state index in [1.165, 1.54) is 4.31 Å². The molecule has 2 aliphatic rings. The number of ether oxygens (including phenoxy) is 1. The van der Waals surface area contributed by atoms with Crippen molar-refractivity contribution < 1.29 is 17.9 Å². The van der Waals surface area contributed by atoms with Gasteiger partial charge in [0.1, 0.15) is 0 Å². The first-order chi connectivity index (χ1) is 12.0. The molecule has 1 amide bonds. The number of hydrogen-bond acceptors (Lipinski definition) is 4. The Balaban J connectivity index is 1.76. The fourth-order valence-corrected chi connectivity index (χ4v) is 4.87. The zero-order chi connectivity index (χ0) is 17.6. The summed E-state index contributed by atoms with van der Waals surface area (Å²) >= 11 is 0. The fourth-order valence-electron chi connectivity index (χ4n) is 3.42. The monoisotopic (exact) mass is 361 g/mol. The number of hydrogen-bond donors (Lipinski definition) is 2. The summed E-state index contributed by atoms with van der Waals surface area (Å²) in [5, 5.41) is 2.84. The molecule has 1 atom stereocenters. The van der Waals surface area contributed by atoms with Crippen LogP contribution in [0.2, 0.25) is 0 Å². The van der Waals surface area contributed by atoms with Gasteiger partial charge >= 0.3 is 0 Å². The number of aromatic nitrogens is 1. The second-order valence-electron chi connectivity index (χ2n) is 6.25. The fraction of sp³-hybridized carbons (Fsp3) is 0.353. The molecule has 132 valence electrons. The van der Waals surface area contributed by atoms with Crippen LogP contribution in [-0.2, 0) is 19.6 Å². The van der Waals surface area contributed by atoms with Crippen LogP contribution in [0.1, 0.15) is 22.7 Å². The summed E-state index contributed by atoms with van der Waals surface area (Å²) in [6.07, 6.45) is 1.78. The average Bonchev–Trinajstić information content (AvgIpc) is 3.16. The molecular weight excluding hydrogens is 342 g/mol. The van der Waals surface area contributed by atoms with Gasteiger partial charge < -0.3 is 15.0 Å². The second-order valence-corrected chi connectivity index (χ2v) is 8.18. The van der Waals surface area contributed by atoms with Gasteiger partial charge in [-0.2, -0.15) is 4.31 Å². The van der Waals surface area contributed by atoms with Crippen molar-refractivity contribution >= 4 is 21.6 Å². The third-order valence-corrected chi connectivity index (χ3v) is 6.66. The van der Waals surface area contributed by atoms with Crippen molar-refractivity contribution in [1.82, 2.24) is 9.29 Å². The number of rotatable bonds is 3. The van der Waals surface area contributed by atoms with Gasteiger partial charge in [0.05, 0.1) is 24.0 Å². The highest BCUT2D eigenvalue weighted by Gasteiger charge is 2.35. The van der Waals surface area contributed by atoms with Gasteiger partial charge in [-0.15, -0.1) is 0 Å². The van der Waals surface area contributed by atoms with Crippen LogP contribution < -0.4 is 5.32 Å². The number of benzene rings is 1. The lowest BCUT2D eigenvalue weighted by atomic mass is 9.93. The molecule has 8 heteroatoms. The molecule has 2 aliphatic heterocycles. The van der Waals surface area contributed by atoms with Gasteiger partial charge in [-0.1, -0.05) is 0 Å². The lowest BCUT2D eigenvalue weighted by Gasteiger charge is -2.26. The molecule has 1 aromatic heterocycles. The molecular formula is C17H19N3O4S. The maximum Gasteiger partial charge on any atom is 0.243 e. The van der Waals surface area contributed by atoms with Gasteiger partial charge in [-0.05, 0) is 42.3 Å². The smallest absolute Gasteiger partial charge is 0.243 e. The predicted octanol–water partition coefficient (Wildman–Crippen LogP) is 1.43. The maximum absolute atomic E-state index is 12.9. The standard InChI is InChI=1S/C17H19N3O4S/c1-11-13(4-5-18-11)16-14-10-12(2-3-15(14)19-17(16)21)25(22,23)20-6-8-24-9-7-20/h2-5,10,16,18H,6-9H2,1H3,(H,19,21). The number of nitrogens with one attached hydrogen (secondary N) is 2. The quantitative estimate of drug-likeness (QED) is 0.865. The molecule has 0 saturated carbocycles. The summed E-state index contributed by atoms with van der Waals surface area (Å²) in [5.74, 6) is -0.639. The van der Waals surface area contributed by atoms with Gasteiger partial charge in [0, 0.05) is 30.7 Å². The molecule has 4 rings (SSSR count). The summed E-state index contributed by atoms with van der Waals surface area (Å²) in [7, 11) is -3.60. The average molecular weight is 361 g/mol. The summed E-state index contributed by atoms with van der Waals surface area (Å²) in [5.41, 5.74) is 3.12. The Morgan fingerprint density at radius 3 is 2.60 bits per heavy atom. The number of H-pyrrole nitrogens is 1. The molecule has 2 N–H and O–H groups in total. The zero-order valence-corrected chi connectivity index (χ0v) is 14.6. The first kappa shape index (κ1) is 16.3. The number of amides is 1. The number of aryl methyl sites for hydroxylation is 1. The second kappa shape index (κ2) is 5.98. The largest absolute Gasteiger partial charge is 0.379 e. The van der Waals surface area contributed by atoms with Crippen molar-refractivity contribution in [1.29, 1.82) is 0 Å². The molecule has 0 bridgehead atoms. The molecule has 25 heavy (non-hydrogen) atoms. The minimum Gasteiger partial charge on any atom is -0.379 e. The summed E-state index contributed by atoms with van der Waals surface area (Å²) in [6, 6.07) is 6.70.